The Bertz CT molecular complexity index is 1160. The van der Waals surface area contributed by atoms with Gasteiger partial charge in [0.2, 0.25) is 0 Å². The number of nitrogens with zero attached hydrogens (tertiary/aromatic N) is 2. The van der Waals surface area contributed by atoms with E-state index in [4.69, 9.17) is 0 Å². The van der Waals surface area contributed by atoms with E-state index in [0.717, 1.165) is 3.57 Å². The normalized spacial score (nSPS) is 15.4. The first-order chi connectivity index (χ1) is 14.3. The van der Waals surface area contributed by atoms with Crippen LogP contribution in [0.3, 0.4) is 0 Å². The summed E-state index contributed by atoms with van der Waals surface area (Å²) in [6.45, 7) is 0. The van der Waals surface area contributed by atoms with Gasteiger partial charge in [-0.05, 0) is 81.0 Å². The topological polar surface area (TPSA) is 94.6 Å². The number of aromatic nitrogens is 1. The first-order valence-electron chi connectivity index (χ1n) is 8.63. The molecule has 2 aromatic carbocycles. The van der Waals surface area contributed by atoms with E-state index < -0.39 is 18.0 Å². The van der Waals surface area contributed by atoms with Crippen molar-refractivity contribution in [1.29, 1.82) is 0 Å². The van der Waals surface area contributed by atoms with Crippen LogP contribution in [0.2, 0.25) is 0 Å². The van der Waals surface area contributed by atoms with Crippen molar-refractivity contribution in [3.05, 3.63) is 84.1 Å². The van der Waals surface area contributed by atoms with Gasteiger partial charge in [0, 0.05) is 37.3 Å². The summed E-state index contributed by atoms with van der Waals surface area (Å²) < 4.78 is 2.04. The quantitative estimate of drug-likeness (QED) is 0.356. The smallest absolute Gasteiger partial charge is 0.276 e. The van der Waals surface area contributed by atoms with Crippen molar-refractivity contribution >= 4 is 72.0 Å². The van der Waals surface area contributed by atoms with Gasteiger partial charge in [0.1, 0.15) is 5.75 Å². The molecule has 152 valence electrons. The molecule has 0 saturated heterocycles. The van der Waals surface area contributed by atoms with Gasteiger partial charge in [-0.15, -0.1) is 0 Å². The van der Waals surface area contributed by atoms with Crippen LogP contribution in [-0.2, 0) is 0 Å². The van der Waals surface area contributed by atoms with Gasteiger partial charge in [-0.1, -0.05) is 15.9 Å². The number of rotatable bonds is 3. The van der Waals surface area contributed by atoms with Gasteiger partial charge in [-0.3, -0.25) is 20.0 Å². The summed E-state index contributed by atoms with van der Waals surface area (Å²) in [4.78, 5) is 30.0. The van der Waals surface area contributed by atoms with Crippen molar-refractivity contribution in [1.82, 2.24) is 15.4 Å². The number of fused-ring (bicyclic) bond motifs is 1. The Balaban J connectivity index is 1.80. The van der Waals surface area contributed by atoms with Gasteiger partial charge < -0.3 is 10.4 Å². The molecule has 0 fully saturated rings. The molecule has 10 heteroatoms. The third kappa shape index (κ3) is 4.03. The highest BCUT2D eigenvalue weighted by atomic mass is 127. The second kappa shape index (κ2) is 8.52. The Morgan fingerprint density at radius 3 is 2.63 bits per heavy atom. The standard InChI is InChI=1S/C20H13Br2IN4O3/c21-11-7-14(17(28)15(22)8-11)18-25-16-2-1-12(23)9-13(16)20(30)27(18)26-19(29)10-3-5-24-6-4-10/h1-9,18,25,28H,(H,26,29)/t18-/m0/s1. The highest BCUT2D eigenvalue weighted by Crippen LogP contribution is 2.40. The molecule has 1 aromatic heterocycles. The lowest BCUT2D eigenvalue weighted by Crippen LogP contribution is -2.53. The third-order valence-electron chi connectivity index (χ3n) is 4.50. The lowest BCUT2D eigenvalue weighted by molar-refractivity contribution is 0.0488. The molecule has 4 rings (SSSR count). The van der Waals surface area contributed by atoms with Gasteiger partial charge in [0.25, 0.3) is 11.8 Å². The highest BCUT2D eigenvalue weighted by Gasteiger charge is 2.36. The molecule has 2 heterocycles. The van der Waals surface area contributed by atoms with Crippen LogP contribution in [0, 0.1) is 3.57 Å². The molecule has 1 aliphatic rings. The maximum Gasteiger partial charge on any atom is 0.276 e. The Morgan fingerprint density at radius 1 is 1.17 bits per heavy atom. The number of phenols is 1. The molecule has 30 heavy (non-hydrogen) atoms. The fourth-order valence-electron chi connectivity index (χ4n) is 3.08. The number of anilines is 1. The molecular formula is C20H13Br2IN4O3. The van der Waals surface area contributed by atoms with E-state index in [1.165, 1.54) is 17.4 Å². The molecule has 2 amide bonds. The van der Waals surface area contributed by atoms with Crippen LogP contribution in [0.15, 0.2) is 63.8 Å². The number of hydrazine groups is 1. The van der Waals surface area contributed by atoms with E-state index in [9.17, 15) is 14.7 Å². The predicted molar refractivity (Wildman–Crippen MR) is 127 cm³/mol. The average Bonchev–Trinajstić information content (AvgIpc) is 2.73. The van der Waals surface area contributed by atoms with E-state index in [1.54, 1.807) is 36.4 Å². The number of hydrogen-bond acceptors (Lipinski definition) is 5. The Labute approximate surface area is 202 Å². The zero-order chi connectivity index (χ0) is 21.4. The lowest BCUT2D eigenvalue weighted by Gasteiger charge is -2.38. The van der Waals surface area contributed by atoms with Crippen LogP contribution in [0.1, 0.15) is 32.4 Å². The second-order valence-corrected chi connectivity index (χ2v) is 9.43. The Kier molecular flexibility index (Phi) is 5.98. The van der Waals surface area contributed by atoms with Gasteiger partial charge in [0.15, 0.2) is 6.17 Å². The number of amides is 2. The Morgan fingerprint density at radius 2 is 1.90 bits per heavy atom. The number of phenolic OH excluding ortho intramolecular Hbond substituents is 1. The number of aromatic hydroxyl groups is 1. The van der Waals surface area contributed by atoms with Crippen molar-refractivity contribution in [2.24, 2.45) is 0 Å². The summed E-state index contributed by atoms with van der Waals surface area (Å²) in [5, 5.41) is 15.1. The van der Waals surface area contributed by atoms with Crippen molar-refractivity contribution in [2.45, 2.75) is 6.17 Å². The van der Waals surface area contributed by atoms with Crippen LogP contribution in [0.4, 0.5) is 5.69 Å². The van der Waals surface area contributed by atoms with Crippen LogP contribution in [0.25, 0.3) is 0 Å². The summed E-state index contributed by atoms with van der Waals surface area (Å²) in [7, 11) is 0. The third-order valence-corrected chi connectivity index (χ3v) is 6.23. The van der Waals surface area contributed by atoms with Crippen LogP contribution in [0.5, 0.6) is 5.75 Å². The maximum atomic E-state index is 13.4. The minimum Gasteiger partial charge on any atom is -0.506 e. The SMILES string of the molecule is O=C(NN1C(=O)c2cc(I)ccc2N[C@@H]1c1cc(Br)cc(Br)c1O)c1ccncc1. The van der Waals surface area contributed by atoms with Crippen LogP contribution < -0.4 is 10.7 Å². The van der Waals surface area contributed by atoms with Crippen molar-refractivity contribution in [3.8, 4) is 5.75 Å². The average molecular weight is 644 g/mol. The fraction of sp³-hybridized carbons (Fsp3) is 0.0500. The van der Waals surface area contributed by atoms with Crippen LogP contribution in [-0.4, -0.2) is 26.9 Å². The molecule has 0 aliphatic carbocycles. The molecule has 0 unspecified atom stereocenters. The number of carbonyl (C=O) groups excluding carboxylic acids is 2. The lowest BCUT2D eigenvalue weighted by atomic mass is 10.0. The molecule has 3 aromatic rings. The minimum absolute atomic E-state index is 0.0411. The van der Waals surface area contributed by atoms with Crippen molar-refractivity contribution < 1.29 is 14.7 Å². The largest absolute Gasteiger partial charge is 0.506 e. The molecule has 7 nitrogen and oxygen atoms in total. The van der Waals surface area contributed by atoms with E-state index in [1.807, 2.05) is 6.07 Å². The summed E-state index contributed by atoms with van der Waals surface area (Å²) >= 11 is 8.85. The van der Waals surface area contributed by atoms with E-state index in [0.29, 0.717) is 31.3 Å². The number of hydrogen-bond donors (Lipinski definition) is 3. The van der Waals surface area contributed by atoms with E-state index in [-0.39, 0.29) is 5.75 Å². The van der Waals surface area contributed by atoms with E-state index in [2.05, 4.69) is 70.2 Å². The zero-order valence-corrected chi connectivity index (χ0v) is 20.4. The van der Waals surface area contributed by atoms with Crippen LogP contribution >= 0.6 is 54.5 Å². The molecule has 0 spiro atoms. The maximum absolute atomic E-state index is 13.4. The molecular weight excluding hydrogens is 631 g/mol. The van der Waals surface area contributed by atoms with Gasteiger partial charge >= 0.3 is 0 Å². The summed E-state index contributed by atoms with van der Waals surface area (Å²) in [5.74, 6) is -0.911. The van der Waals surface area contributed by atoms with Gasteiger partial charge in [0.05, 0.1) is 10.0 Å². The molecule has 3 N–H and O–H groups in total. The predicted octanol–water partition coefficient (Wildman–Crippen LogP) is 4.83. The number of halogens is 3. The van der Waals surface area contributed by atoms with Crippen molar-refractivity contribution in [2.75, 3.05) is 5.32 Å². The van der Waals surface area contributed by atoms with E-state index >= 15 is 0 Å². The van der Waals surface area contributed by atoms with Gasteiger partial charge in [-0.2, -0.15) is 0 Å². The summed E-state index contributed by atoms with van der Waals surface area (Å²) in [5.41, 5.74) is 4.45. The summed E-state index contributed by atoms with van der Waals surface area (Å²) in [6.07, 6.45) is 2.15. The summed E-state index contributed by atoms with van der Waals surface area (Å²) in [6, 6.07) is 11.9. The molecule has 0 radical (unpaired) electrons. The number of benzene rings is 2. The number of carbonyl (C=O) groups is 2. The monoisotopic (exact) mass is 642 g/mol. The second-order valence-electron chi connectivity index (χ2n) is 6.41. The first-order valence-corrected chi connectivity index (χ1v) is 11.3. The molecule has 1 aliphatic heterocycles. The Hall–Kier alpha value is -2.18. The molecule has 0 bridgehead atoms. The highest BCUT2D eigenvalue weighted by molar-refractivity contribution is 14.1. The minimum atomic E-state index is -0.843. The molecule has 0 saturated carbocycles. The number of pyridine rings is 1. The van der Waals surface area contributed by atoms with Gasteiger partial charge in [-0.25, -0.2) is 5.01 Å². The van der Waals surface area contributed by atoms with Crippen molar-refractivity contribution in [3.63, 3.8) is 0 Å². The fourth-order valence-corrected chi connectivity index (χ4v) is 4.83. The zero-order valence-electron chi connectivity index (χ0n) is 15.1. The first kappa shape index (κ1) is 21.1. The molecule has 1 atom stereocenters. The number of nitrogens with one attached hydrogen (secondary N) is 2.